The summed E-state index contributed by atoms with van der Waals surface area (Å²) in [6.45, 7) is 0.889. The molecule has 1 aliphatic rings. The highest BCUT2D eigenvalue weighted by Gasteiger charge is 2.15. The molecule has 19 heavy (non-hydrogen) atoms. The highest BCUT2D eigenvalue weighted by atomic mass is 15.4. The topological polar surface area (TPSA) is 66.5 Å². The second-order valence-electron chi connectivity index (χ2n) is 5.06. The lowest BCUT2D eigenvalue weighted by molar-refractivity contribution is 0.479. The van der Waals surface area contributed by atoms with Gasteiger partial charge in [-0.15, -0.1) is 0 Å². The Labute approximate surface area is 114 Å². The number of nitrogens with zero attached hydrogens (tertiary/aromatic N) is 3. The van der Waals surface area contributed by atoms with Crippen LogP contribution in [-0.4, -0.2) is 35.5 Å². The molecule has 5 nitrogen and oxygen atoms in total. The van der Waals surface area contributed by atoms with Crippen LogP contribution in [-0.2, 0) is 6.42 Å². The van der Waals surface area contributed by atoms with Gasteiger partial charge in [0.25, 0.3) is 0 Å². The first-order chi connectivity index (χ1) is 9.29. The minimum absolute atomic E-state index is 0.439. The lowest BCUT2D eigenvalue weighted by Gasteiger charge is -2.21. The van der Waals surface area contributed by atoms with Crippen LogP contribution in [0.1, 0.15) is 31.2 Å². The van der Waals surface area contributed by atoms with Gasteiger partial charge in [0.2, 0.25) is 5.96 Å². The number of guanidine groups is 1. The van der Waals surface area contributed by atoms with Gasteiger partial charge in [0.15, 0.2) is 0 Å². The molecule has 2 rings (SSSR count). The van der Waals surface area contributed by atoms with Crippen LogP contribution in [0.15, 0.2) is 29.5 Å². The number of aliphatic imine (C=N–C) groups is 1. The van der Waals surface area contributed by atoms with Gasteiger partial charge in [0.05, 0.1) is 6.04 Å². The van der Waals surface area contributed by atoms with Gasteiger partial charge in [-0.25, -0.2) is 10.8 Å². The maximum atomic E-state index is 5.59. The molecule has 1 saturated carbocycles. The van der Waals surface area contributed by atoms with Crippen molar-refractivity contribution in [3.8, 4) is 0 Å². The average molecular weight is 261 g/mol. The van der Waals surface area contributed by atoms with E-state index in [1.54, 1.807) is 0 Å². The highest BCUT2D eigenvalue weighted by Crippen LogP contribution is 2.21. The molecule has 0 bridgehead atoms. The van der Waals surface area contributed by atoms with E-state index >= 15 is 0 Å². The van der Waals surface area contributed by atoms with E-state index < -0.39 is 0 Å². The monoisotopic (exact) mass is 261 g/mol. The van der Waals surface area contributed by atoms with Crippen molar-refractivity contribution in [2.24, 2.45) is 10.8 Å². The molecule has 0 atom stereocenters. The van der Waals surface area contributed by atoms with Crippen molar-refractivity contribution in [1.82, 2.24) is 15.3 Å². The van der Waals surface area contributed by atoms with E-state index in [4.69, 9.17) is 10.8 Å². The van der Waals surface area contributed by atoms with Crippen molar-refractivity contribution in [2.75, 3.05) is 13.6 Å². The predicted molar refractivity (Wildman–Crippen MR) is 77.6 cm³/mol. The largest absolute Gasteiger partial charge is 0.345 e. The molecular weight excluding hydrogens is 238 g/mol. The second kappa shape index (κ2) is 7.09. The fraction of sp³-hybridized carbons (Fsp3) is 0.571. The van der Waals surface area contributed by atoms with Crippen LogP contribution >= 0.6 is 0 Å². The SMILES string of the molecule is CN(CCc1ccncc1)C(=NC1CCCC1)NN. The molecule has 104 valence electrons. The van der Waals surface area contributed by atoms with Crippen molar-refractivity contribution in [3.63, 3.8) is 0 Å². The van der Waals surface area contributed by atoms with Crippen LogP contribution in [0, 0.1) is 0 Å². The van der Waals surface area contributed by atoms with Crippen LogP contribution in [0.5, 0.6) is 0 Å². The number of nitrogens with two attached hydrogens (primary N) is 1. The number of hydrogen-bond donors (Lipinski definition) is 2. The normalized spacial score (nSPS) is 16.6. The van der Waals surface area contributed by atoms with E-state index in [0.29, 0.717) is 6.04 Å². The molecule has 0 amide bonds. The molecular formula is C14H23N5. The number of aromatic nitrogens is 1. The van der Waals surface area contributed by atoms with E-state index in [-0.39, 0.29) is 0 Å². The van der Waals surface area contributed by atoms with Gasteiger partial charge in [-0.3, -0.25) is 10.4 Å². The summed E-state index contributed by atoms with van der Waals surface area (Å²) in [6, 6.07) is 4.52. The third kappa shape index (κ3) is 4.21. The quantitative estimate of drug-likeness (QED) is 0.371. The van der Waals surface area contributed by atoms with Crippen LogP contribution in [0.4, 0.5) is 0 Å². The minimum atomic E-state index is 0.439. The van der Waals surface area contributed by atoms with Crippen molar-refractivity contribution in [3.05, 3.63) is 30.1 Å². The Morgan fingerprint density at radius 2 is 2.11 bits per heavy atom. The van der Waals surface area contributed by atoms with Gasteiger partial charge in [-0.2, -0.15) is 0 Å². The number of likely N-dealkylation sites (N-methyl/N-ethyl adjacent to an activating group) is 1. The molecule has 1 heterocycles. The first kappa shape index (κ1) is 13.8. The van der Waals surface area contributed by atoms with Crippen molar-refractivity contribution >= 4 is 5.96 Å². The van der Waals surface area contributed by atoms with E-state index in [2.05, 4.69) is 15.3 Å². The highest BCUT2D eigenvalue weighted by molar-refractivity contribution is 5.79. The maximum Gasteiger partial charge on any atom is 0.208 e. The predicted octanol–water partition coefficient (Wildman–Crippen LogP) is 1.32. The van der Waals surface area contributed by atoms with Crippen LogP contribution < -0.4 is 11.3 Å². The third-order valence-corrected chi connectivity index (χ3v) is 3.61. The molecule has 1 aliphatic carbocycles. The molecule has 5 heteroatoms. The van der Waals surface area contributed by atoms with Gasteiger partial charge in [0.1, 0.15) is 0 Å². The molecule has 1 aromatic rings. The Hall–Kier alpha value is -1.62. The van der Waals surface area contributed by atoms with Gasteiger partial charge in [0, 0.05) is 26.0 Å². The number of pyridine rings is 1. The summed E-state index contributed by atoms with van der Waals surface area (Å²) >= 11 is 0. The van der Waals surface area contributed by atoms with Crippen LogP contribution in [0.3, 0.4) is 0 Å². The molecule has 0 unspecified atom stereocenters. The standard InChI is InChI=1S/C14H23N5/c1-19(11-8-12-6-9-16-10-7-12)14(18-15)17-13-4-2-3-5-13/h6-7,9-10,13H,2-5,8,11,15H2,1H3,(H,17,18). The zero-order chi connectivity index (χ0) is 13.5. The van der Waals surface area contributed by atoms with E-state index in [9.17, 15) is 0 Å². The number of rotatable bonds is 4. The smallest absolute Gasteiger partial charge is 0.208 e. The Balaban J connectivity index is 1.87. The minimum Gasteiger partial charge on any atom is -0.345 e. The van der Waals surface area contributed by atoms with Crippen LogP contribution in [0.25, 0.3) is 0 Å². The fourth-order valence-corrected chi connectivity index (χ4v) is 2.40. The Bertz CT molecular complexity index is 398. The summed E-state index contributed by atoms with van der Waals surface area (Å²) < 4.78 is 0. The van der Waals surface area contributed by atoms with E-state index in [1.807, 2.05) is 31.6 Å². The van der Waals surface area contributed by atoms with E-state index in [0.717, 1.165) is 18.9 Å². The van der Waals surface area contributed by atoms with Crippen LogP contribution in [0.2, 0.25) is 0 Å². The first-order valence-corrected chi connectivity index (χ1v) is 6.94. The molecule has 1 fully saturated rings. The summed E-state index contributed by atoms with van der Waals surface area (Å²) in [5.74, 6) is 6.38. The molecule has 0 saturated heterocycles. The molecule has 0 aromatic carbocycles. The van der Waals surface area contributed by atoms with Crippen molar-refractivity contribution in [1.29, 1.82) is 0 Å². The number of nitrogens with one attached hydrogen (secondary N) is 1. The van der Waals surface area contributed by atoms with Crippen molar-refractivity contribution in [2.45, 2.75) is 38.1 Å². The zero-order valence-corrected chi connectivity index (χ0v) is 11.5. The lowest BCUT2D eigenvalue weighted by atomic mass is 10.2. The summed E-state index contributed by atoms with van der Waals surface area (Å²) in [7, 11) is 2.02. The summed E-state index contributed by atoms with van der Waals surface area (Å²) in [6.07, 6.45) is 9.55. The first-order valence-electron chi connectivity index (χ1n) is 6.94. The molecule has 0 radical (unpaired) electrons. The lowest BCUT2D eigenvalue weighted by Crippen LogP contribution is -2.44. The summed E-state index contributed by atoms with van der Waals surface area (Å²) in [5.41, 5.74) is 4.01. The zero-order valence-electron chi connectivity index (χ0n) is 11.5. The van der Waals surface area contributed by atoms with Gasteiger partial charge >= 0.3 is 0 Å². The average Bonchev–Trinajstić information content (AvgIpc) is 2.96. The Kier molecular flexibility index (Phi) is 5.15. The second-order valence-corrected chi connectivity index (χ2v) is 5.06. The molecule has 0 aliphatic heterocycles. The fourth-order valence-electron chi connectivity index (χ4n) is 2.40. The molecule has 1 aromatic heterocycles. The van der Waals surface area contributed by atoms with E-state index in [1.165, 1.54) is 31.2 Å². The van der Waals surface area contributed by atoms with Gasteiger partial charge in [-0.05, 0) is 37.0 Å². The van der Waals surface area contributed by atoms with Gasteiger partial charge < -0.3 is 4.90 Å². The number of hydrogen-bond acceptors (Lipinski definition) is 3. The molecule has 0 spiro atoms. The molecule has 3 N–H and O–H groups in total. The Morgan fingerprint density at radius 1 is 1.42 bits per heavy atom. The third-order valence-electron chi connectivity index (χ3n) is 3.61. The Morgan fingerprint density at radius 3 is 2.74 bits per heavy atom. The van der Waals surface area contributed by atoms with Gasteiger partial charge in [-0.1, -0.05) is 12.8 Å². The summed E-state index contributed by atoms with van der Waals surface area (Å²) in [4.78, 5) is 10.8. The maximum absolute atomic E-state index is 5.59. The summed E-state index contributed by atoms with van der Waals surface area (Å²) in [5, 5.41) is 0. The van der Waals surface area contributed by atoms with Crippen molar-refractivity contribution < 1.29 is 0 Å². The number of hydrazine groups is 1.